The summed E-state index contributed by atoms with van der Waals surface area (Å²) in [6, 6.07) is 3.56. The van der Waals surface area contributed by atoms with Crippen LogP contribution in [0.25, 0.3) is 0 Å². The molecule has 1 amide bonds. The summed E-state index contributed by atoms with van der Waals surface area (Å²) in [7, 11) is 0. The van der Waals surface area contributed by atoms with E-state index in [2.05, 4.69) is 20.8 Å². The number of hydrogen-bond acceptors (Lipinski definition) is 4. The minimum Gasteiger partial charge on any atom is -0.508 e. The Morgan fingerprint density at radius 2 is 2.10 bits per heavy atom. The van der Waals surface area contributed by atoms with Gasteiger partial charge in [0.05, 0.1) is 4.92 Å². The third-order valence-electron chi connectivity index (χ3n) is 4.11. The number of nitrogens with zero attached hydrogens (tertiary/aromatic N) is 2. The third kappa shape index (κ3) is 3.15. The van der Waals surface area contributed by atoms with Gasteiger partial charge in [0.2, 0.25) is 0 Å². The van der Waals surface area contributed by atoms with Gasteiger partial charge in [-0.25, -0.2) is 0 Å². The monoisotopic (exact) mass is 292 g/mol. The van der Waals surface area contributed by atoms with Crippen molar-refractivity contribution in [3.05, 3.63) is 33.9 Å². The predicted molar refractivity (Wildman–Crippen MR) is 78.2 cm³/mol. The predicted octanol–water partition coefficient (Wildman–Crippen LogP) is 2.81. The summed E-state index contributed by atoms with van der Waals surface area (Å²) >= 11 is 0. The molecule has 0 saturated carbocycles. The SMILES string of the molecule is CC(C)(C)C1CCN(C(=O)c2cc(O)ccc2[N+](=O)[O-])C1. The molecule has 1 aromatic rings. The van der Waals surface area contributed by atoms with Crippen LogP contribution in [0.15, 0.2) is 18.2 Å². The lowest BCUT2D eigenvalue weighted by atomic mass is 9.80. The molecule has 2 rings (SSSR count). The second-order valence-electron chi connectivity index (χ2n) is 6.56. The molecule has 6 heteroatoms. The van der Waals surface area contributed by atoms with Gasteiger partial charge in [-0.05, 0) is 29.9 Å². The lowest BCUT2D eigenvalue weighted by Crippen LogP contribution is -2.31. The van der Waals surface area contributed by atoms with Crippen LogP contribution in [0.4, 0.5) is 5.69 Å². The Bertz CT molecular complexity index is 578. The van der Waals surface area contributed by atoms with Crippen molar-refractivity contribution in [2.24, 2.45) is 11.3 Å². The first-order valence-corrected chi connectivity index (χ1v) is 6.97. The molecular weight excluding hydrogens is 272 g/mol. The second kappa shape index (κ2) is 5.35. The number of amides is 1. The number of phenols is 1. The number of nitro groups is 1. The average Bonchev–Trinajstić information content (AvgIpc) is 2.86. The highest BCUT2D eigenvalue weighted by atomic mass is 16.6. The lowest BCUT2D eigenvalue weighted by Gasteiger charge is -2.26. The number of nitro benzene ring substituents is 1. The molecule has 0 spiro atoms. The molecule has 0 aliphatic carbocycles. The van der Waals surface area contributed by atoms with Crippen molar-refractivity contribution >= 4 is 11.6 Å². The van der Waals surface area contributed by atoms with Gasteiger partial charge in [0, 0.05) is 19.2 Å². The summed E-state index contributed by atoms with van der Waals surface area (Å²) in [5.74, 6) is -0.155. The molecule has 1 heterocycles. The van der Waals surface area contributed by atoms with E-state index in [-0.39, 0.29) is 28.3 Å². The van der Waals surface area contributed by atoms with Crippen LogP contribution in [0.5, 0.6) is 5.75 Å². The first-order valence-electron chi connectivity index (χ1n) is 6.97. The number of rotatable bonds is 2. The van der Waals surface area contributed by atoms with Gasteiger partial charge in [0.15, 0.2) is 0 Å². The van der Waals surface area contributed by atoms with Crippen molar-refractivity contribution in [3.8, 4) is 5.75 Å². The van der Waals surface area contributed by atoms with Crippen LogP contribution in [0.3, 0.4) is 0 Å². The Kier molecular flexibility index (Phi) is 3.89. The zero-order chi connectivity index (χ0) is 15.8. The zero-order valence-corrected chi connectivity index (χ0v) is 12.5. The van der Waals surface area contributed by atoms with Crippen molar-refractivity contribution < 1.29 is 14.8 Å². The Balaban J connectivity index is 2.26. The van der Waals surface area contributed by atoms with E-state index < -0.39 is 4.92 Å². The lowest BCUT2D eigenvalue weighted by molar-refractivity contribution is -0.385. The van der Waals surface area contributed by atoms with Crippen LogP contribution in [-0.2, 0) is 0 Å². The van der Waals surface area contributed by atoms with Crippen molar-refractivity contribution in [2.45, 2.75) is 27.2 Å². The summed E-state index contributed by atoms with van der Waals surface area (Å²) in [6.07, 6.45) is 0.891. The van der Waals surface area contributed by atoms with E-state index in [4.69, 9.17) is 0 Å². The number of aromatic hydroxyl groups is 1. The Labute approximate surface area is 123 Å². The summed E-state index contributed by atoms with van der Waals surface area (Å²) < 4.78 is 0. The van der Waals surface area contributed by atoms with E-state index in [0.29, 0.717) is 19.0 Å². The topological polar surface area (TPSA) is 83.7 Å². The number of carbonyl (C=O) groups excluding carboxylic acids is 1. The van der Waals surface area contributed by atoms with Crippen molar-refractivity contribution in [1.29, 1.82) is 0 Å². The van der Waals surface area contributed by atoms with Gasteiger partial charge in [0.25, 0.3) is 11.6 Å². The zero-order valence-electron chi connectivity index (χ0n) is 12.5. The van der Waals surface area contributed by atoms with Crippen LogP contribution in [0.1, 0.15) is 37.6 Å². The number of phenolic OH excluding ortho intramolecular Hbond substituents is 1. The molecule has 0 bridgehead atoms. The number of carbonyl (C=O) groups is 1. The van der Waals surface area contributed by atoms with Gasteiger partial charge in [-0.1, -0.05) is 20.8 Å². The first-order chi connectivity index (χ1) is 9.70. The van der Waals surface area contributed by atoms with Gasteiger partial charge >= 0.3 is 0 Å². The van der Waals surface area contributed by atoms with E-state index in [1.807, 2.05) is 0 Å². The summed E-state index contributed by atoms with van der Waals surface area (Å²) in [6.45, 7) is 7.57. The maximum atomic E-state index is 12.5. The highest BCUT2D eigenvalue weighted by Gasteiger charge is 2.35. The highest BCUT2D eigenvalue weighted by molar-refractivity contribution is 5.98. The van der Waals surface area contributed by atoms with Gasteiger partial charge in [-0.2, -0.15) is 0 Å². The fourth-order valence-corrected chi connectivity index (χ4v) is 2.68. The van der Waals surface area contributed by atoms with Crippen LogP contribution in [-0.4, -0.2) is 33.9 Å². The maximum absolute atomic E-state index is 12.5. The molecule has 1 fully saturated rings. The van der Waals surface area contributed by atoms with Crippen LogP contribution >= 0.6 is 0 Å². The summed E-state index contributed by atoms with van der Waals surface area (Å²) in [5, 5.41) is 20.5. The van der Waals surface area contributed by atoms with E-state index in [9.17, 15) is 20.0 Å². The molecule has 21 heavy (non-hydrogen) atoms. The summed E-state index contributed by atoms with van der Waals surface area (Å²) in [4.78, 5) is 24.6. The third-order valence-corrected chi connectivity index (χ3v) is 4.11. The second-order valence-corrected chi connectivity index (χ2v) is 6.56. The molecule has 1 saturated heterocycles. The molecule has 0 radical (unpaired) electrons. The molecule has 1 atom stereocenters. The molecular formula is C15H20N2O4. The minimum absolute atomic E-state index is 0.0467. The van der Waals surface area contributed by atoms with E-state index in [1.54, 1.807) is 4.90 Å². The van der Waals surface area contributed by atoms with Gasteiger partial charge in [-0.3, -0.25) is 14.9 Å². The standard InChI is InChI=1S/C15H20N2O4/c1-15(2,3)10-6-7-16(9-10)14(19)12-8-11(18)4-5-13(12)17(20)21/h4-5,8,10,18H,6-7,9H2,1-3H3. The largest absolute Gasteiger partial charge is 0.508 e. The number of likely N-dealkylation sites (tertiary alicyclic amines) is 1. The Hall–Kier alpha value is -2.11. The fourth-order valence-electron chi connectivity index (χ4n) is 2.68. The van der Waals surface area contributed by atoms with E-state index in [1.165, 1.54) is 18.2 Å². The first kappa shape index (κ1) is 15.3. The minimum atomic E-state index is -0.593. The molecule has 1 unspecified atom stereocenters. The van der Waals surface area contributed by atoms with Gasteiger partial charge in [-0.15, -0.1) is 0 Å². The quantitative estimate of drug-likeness (QED) is 0.671. The molecule has 1 aromatic carbocycles. The van der Waals surface area contributed by atoms with Crippen molar-refractivity contribution in [1.82, 2.24) is 4.90 Å². The summed E-state index contributed by atoms with van der Waals surface area (Å²) in [5.41, 5.74) is -0.216. The maximum Gasteiger partial charge on any atom is 0.282 e. The van der Waals surface area contributed by atoms with Crippen LogP contribution < -0.4 is 0 Å². The smallest absolute Gasteiger partial charge is 0.282 e. The molecule has 1 aliphatic rings. The number of hydrogen-bond donors (Lipinski definition) is 1. The Morgan fingerprint density at radius 1 is 1.43 bits per heavy atom. The van der Waals surface area contributed by atoms with Crippen LogP contribution in [0.2, 0.25) is 0 Å². The average molecular weight is 292 g/mol. The van der Waals surface area contributed by atoms with Crippen molar-refractivity contribution in [2.75, 3.05) is 13.1 Å². The molecule has 1 aliphatic heterocycles. The molecule has 0 aromatic heterocycles. The van der Waals surface area contributed by atoms with Crippen LogP contribution in [0, 0.1) is 21.4 Å². The molecule has 6 nitrogen and oxygen atoms in total. The Morgan fingerprint density at radius 3 is 2.62 bits per heavy atom. The van der Waals surface area contributed by atoms with Crippen molar-refractivity contribution in [3.63, 3.8) is 0 Å². The normalized spacial score (nSPS) is 18.8. The highest BCUT2D eigenvalue weighted by Crippen LogP contribution is 2.35. The van der Waals surface area contributed by atoms with Gasteiger partial charge < -0.3 is 10.0 Å². The number of benzene rings is 1. The molecule has 114 valence electrons. The van der Waals surface area contributed by atoms with E-state index >= 15 is 0 Å². The fraction of sp³-hybridized carbons (Fsp3) is 0.533. The van der Waals surface area contributed by atoms with E-state index in [0.717, 1.165) is 6.42 Å². The van der Waals surface area contributed by atoms with Gasteiger partial charge in [0.1, 0.15) is 11.3 Å². The molecule has 1 N–H and O–H groups in total.